The summed E-state index contributed by atoms with van der Waals surface area (Å²) in [6, 6.07) is 3.16. The van der Waals surface area contributed by atoms with Gasteiger partial charge in [0.15, 0.2) is 0 Å². The summed E-state index contributed by atoms with van der Waals surface area (Å²) in [5.74, 6) is -1.14. The van der Waals surface area contributed by atoms with E-state index in [0.717, 1.165) is 31.7 Å². The molecule has 1 atom stereocenters. The van der Waals surface area contributed by atoms with E-state index in [4.69, 9.17) is 0 Å². The molecule has 0 aliphatic heterocycles. The summed E-state index contributed by atoms with van der Waals surface area (Å²) in [7, 11) is 0. The number of hydrogen-bond acceptors (Lipinski definition) is 1. The summed E-state index contributed by atoms with van der Waals surface area (Å²) in [6.07, 6.45) is -0.278. The van der Waals surface area contributed by atoms with Crippen molar-refractivity contribution in [1.29, 1.82) is 0 Å². The number of rotatable bonds is 8. The second kappa shape index (κ2) is 8.37. The topological polar surface area (TPSA) is 12.0 Å². The van der Waals surface area contributed by atoms with Crippen LogP contribution in [0, 0.1) is 5.82 Å². The summed E-state index contributed by atoms with van der Waals surface area (Å²) in [5.41, 5.74) is -1.06. The summed E-state index contributed by atoms with van der Waals surface area (Å²) in [6.45, 7) is 4.68. The molecule has 1 unspecified atom stereocenters. The molecule has 1 aromatic carbocycles. The van der Waals surface area contributed by atoms with Gasteiger partial charge in [-0.3, -0.25) is 0 Å². The maximum absolute atomic E-state index is 14.2. The molecule has 0 aliphatic rings. The van der Waals surface area contributed by atoms with E-state index >= 15 is 0 Å². The second-order valence-corrected chi connectivity index (χ2v) is 5.21. The monoisotopic (exact) mass is 305 g/mol. The van der Waals surface area contributed by atoms with Crippen molar-refractivity contribution in [1.82, 2.24) is 5.32 Å². The Labute approximate surface area is 123 Å². The Bertz CT molecular complexity index is 429. The third kappa shape index (κ3) is 5.30. The van der Waals surface area contributed by atoms with Gasteiger partial charge in [0, 0.05) is 11.6 Å². The lowest BCUT2D eigenvalue weighted by Crippen LogP contribution is -2.24. The van der Waals surface area contributed by atoms with Crippen LogP contribution >= 0.6 is 0 Å². The van der Waals surface area contributed by atoms with Gasteiger partial charge >= 0.3 is 6.18 Å². The molecule has 0 fully saturated rings. The Hall–Kier alpha value is -1.10. The molecule has 0 bridgehead atoms. The van der Waals surface area contributed by atoms with Gasteiger partial charge in [-0.25, -0.2) is 4.39 Å². The van der Waals surface area contributed by atoms with E-state index in [1.807, 2.05) is 6.92 Å². The van der Waals surface area contributed by atoms with Crippen LogP contribution in [-0.2, 0) is 6.18 Å². The SMILES string of the molecule is CCCCCC(NCCC)c1cccc(C(F)(F)F)c1F. The van der Waals surface area contributed by atoms with Gasteiger partial charge in [-0.15, -0.1) is 0 Å². The molecule has 5 heteroatoms. The fourth-order valence-corrected chi connectivity index (χ4v) is 2.32. The van der Waals surface area contributed by atoms with Crippen LogP contribution in [0.2, 0.25) is 0 Å². The minimum absolute atomic E-state index is 0.120. The van der Waals surface area contributed by atoms with E-state index in [9.17, 15) is 17.6 Å². The molecule has 0 radical (unpaired) electrons. The van der Waals surface area contributed by atoms with E-state index in [2.05, 4.69) is 12.2 Å². The highest BCUT2D eigenvalue weighted by Crippen LogP contribution is 2.34. The molecule has 0 aliphatic carbocycles. The molecule has 1 nitrogen and oxygen atoms in total. The maximum Gasteiger partial charge on any atom is 0.419 e. The van der Waals surface area contributed by atoms with Crippen molar-refractivity contribution in [3.8, 4) is 0 Å². The molecule has 120 valence electrons. The van der Waals surface area contributed by atoms with Crippen molar-refractivity contribution >= 4 is 0 Å². The van der Waals surface area contributed by atoms with Gasteiger partial charge in [-0.1, -0.05) is 45.2 Å². The number of hydrogen-bond donors (Lipinski definition) is 1. The lowest BCUT2D eigenvalue weighted by atomic mass is 9.97. The van der Waals surface area contributed by atoms with E-state index in [-0.39, 0.29) is 11.6 Å². The average Bonchev–Trinajstić information content (AvgIpc) is 2.42. The van der Waals surface area contributed by atoms with Crippen LogP contribution in [0.3, 0.4) is 0 Å². The number of alkyl halides is 3. The van der Waals surface area contributed by atoms with Crippen molar-refractivity contribution in [2.45, 2.75) is 58.2 Å². The fraction of sp³-hybridized carbons (Fsp3) is 0.625. The van der Waals surface area contributed by atoms with Crippen LogP contribution in [0.15, 0.2) is 18.2 Å². The van der Waals surface area contributed by atoms with Crippen molar-refractivity contribution < 1.29 is 17.6 Å². The standard InChI is InChI=1S/C16H23F4N/c1-3-5-6-10-14(21-11-4-2)12-8-7-9-13(15(12)17)16(18,19)20/h7-9,14,21H,3-6,10-11H2,1-2H3. The predicted molar refractivity (Wildman–Crippen MR) is 76.6 cm³/mol. The highest BCUT2D eigenvalue weighted by molar-refractivity contribution is 5.30. The smallest absolute Gasteiger partial charge is 0.310 e. The second-order valence-electron chi connectivity index (χ2n) is 5.21. The Morgan fingerprint density at radius 1 is 1.10 bits per heavy atom. The molecule has 0 aromatic heterocycles. The molecule has 0 saturated heterocycles. The van der Waals surface area contributed by atoms with Gasteiger partial charge in [0.1, 0.15) is 5.82 Å². The van der Waals surface area contributed by atoms with E-state index in [1.54, 1.807) is 0 Å². The lowest BCUT2D eigenvalue weighted by molar-refractivity contribution is -0.140. The highest BCUT2D eigenvalue weighted by atomic mass is 19.4. The molecule has 1 N–H and O–H groups in total. The van der Waals surface area contributed by atoms with Gasteiger partial charge < -0.3 is 5.32 Å². The van der Waals surface area contributed by atoms with E-state index < -0.39 is 17.6 Å². The zero-order valence-corrected chi connectivity index (χ0v) is 12.6. The first-order valence-electron chi connectivity index (χ1n) is 7.50. The zero-order valence-electron chi connectivity index (χ0n) is 12.6. The maximum atomic E-state index is 14.2. The van der Waals surface area contributed by atoms with Gasteiger partial charge in [-0.05, 0) is 25.5 Å². The molecule has 1 rings (SSSR count). The largest absolute Gasteiger partial charge is 0.419 e. The van der Waals surface area contributed by atoms with E-state index in [0.29, 0.717) is 13.0 Å². The van der Waals surface area contributed by atoms with Crippen LogP contribution in [0.5, 0.6) is 0 Å². The van der Waals surface area contributed by atoms with Crippen LogP contribution in [-0.4, -0.2) is 6.54 Å². The Kier molecular flexibility index (Phi) is 7.15. The van der Waals surface area contributed by atoms with Crippen molar-refractivity contribution in [3.63, 3.8) is 0 Å². The summed E-state index contributed by atoms with van der Waals surface area (Å²) in [4.78, 5) is 0. The molecular formula is C16H23F4N. The van der Waals surface area contributed by atoms with Gasteiger partial charge in [-0.2, -0.15) is 13.2 Å². The fourth-order valence-electron chi connectivity index (χ4n) is 2.32. The molecule has 21 heavy (non-hydrogen) atoms. The lowest BCUT2D eigenvalue weighted by Gasteiger charge is -2.21. The van der Waals surface area contributed by atoms with Gasteiger partial charge in [0.05, 0.1) is 5.56 Å². The van der Waals surface area contributed by atoms with Crippen LogP contribution < -0.4 is 5.32 Å². The molecule has 0 spiro atoms. The third-order valence-electron chi connectivity index (χ3n) is 3.45. The van der Waals surface area contributed by atoms with E-state index in [1.165, 1.54) is 12.1 Å². The van der Waals surface area contributed by atoms with Gasteiger partial charge in [0.2, 0.25) is 0 Å². The normalized spacial score (nSPS) is 13.4. The molecule has 1 aromatic rings. The van der Waals surface area contributed by atoms with Crippen molar-refractivity contribution in [2.75, 3.05) is 6.54 Å². The summed E-state index contributed by atoms with van der Waals surface area (Å²) in [5, 5.41) is 3.16. The minimum Gasteiger partial charge on any atom is -0.310 e. The Balaban J connectivity index is 3.00. The molecular weight excluding hydrogens is 282 g/mol. The van der Waals surface area contributed by atoms with Crippen LogP contribution in [0.1, 0.15) is 63.1 Å². The Morgan fingerprint density at radius 3 is 2.38 bits per heavy atom. The number of nitrogens with one attached hydrogen (secondary N) is 1. The number of halogens is 4. The Morgan fingerprint density at radius 2 is 1.81 bits per heavy atom. The summed E-state index contributed by atoms with van der Waals surface area (Å²) < 4.78 is 52.6. The number of unbranched alkanes of at least 4 members (excludes halogenated alkanes) is 2. The zero-order chi connectivity index (χ0) is 15.9. The minimum atomic E-state index is -4.65. The molecule has 0 saturated carbocycles. The number of benzene rings is 1. The molecule has 0 heterocycles. The first-order chi connectivity index (χ1) is 9.91. The van der Waals surface area contributed by atoms with Crippen LogP contribution in [0.25, 0.3) is 0 Å². The summed E-state index contributed by atoms with van der Waals surface area (Å²) >= 11 is 0. The third-order valence-corrected chi connectivity index (χ3v) is 3.45. The quantitative estimate of drug-likeness (QED) is 0.496. The molecule has 0 amide bonds. The van der Waals surface area contributed by atoms with Crippen molar-refractivity contribution in [2.24, 2.45) is 0 Å². The first-order valence-corrected chi connectivity index (χ1v) is 7.50. The van der Waals surface area contributed by atoms with Gasteiger partial charge in [0.25, 0.3) is 0 Å². The van der Waals surface area contributed by atoms with Crippen LogP contribution in [0.4, 0.5) is 17.6 Å². The predicted octanol–water partition coefficient (Wildman–Crippen LogP) is 5.47. The van der Waals surface area contributed by atoms with Crippen molar-refractivity contribution in [3.05, 3.63) is 35.1 Å². The highest BCUT2D eigenvalue weighted by Gasteiger charge is 2.35. The average molecular weight is 305 g/mol. The first kappa shape index (κ1) is 18.0.